The number of fused-ring (bicyclic) bond motifs is 1. The first-order valence-corrected chi connectivity index (χ1v) is 12.3. The van der Waals surface area contributed by atoms with Gasteiger partial charge in [-0.05, 0) is 55.4 Å². The van der Waals surface area contributed by atoms with Crippen molar-refractivity contribution < 1.29 is 23.9 Å². The van der Waals surface area contributed by atoms with Gasteiger partial charge >= 0.3 is 0 Å². The summed E-state index contributed by atoms with van der Waals surface area (Å²) in [4.78, 5) is 40.9. The largest absolute Gasteiger partial charge is 0.489 e. The van der Waals surface area contributed by atoms with Crippen molar-refractivity contribution in [3.63, 3.8) is 0 Å². The number of imide groups is 1. The normalized spacial score (nSPS) is 31.1. The molecule has 0 aromatic heterocycles. The molecule has 0 spiro atoms. The van der Waals surface area contributed by atoms with Gasteiger partial charge in [0.15, 0.2) is 0 Å². The Labute approximate surface area is 193 Å². The molecule has 1 aromatic carbocycles. The third kappa shape index (κ3) is 3.83. The van der Waals surface area contributed by atoms with Gasteiger partial charge in [0.25, 0.3) is 5.91 Å². The van der Waals surface area contributed by atoms with E-state index in [1.807, 2.05) is 18.2 Å². The fraction of sp³-hybridized carbons (Fsp3) is 0.640. The Morgan fingerprint density at radius 3 is 2.58 bits per heavy atom. The van der Waals surface area contributed by atoms with Crippen molar-refractivity contribution in [1.82, 2.24) is 15.1 Å². The van der Waals surface area contributed by atoms with Crippen molar-refractivity contribution >= 4 is 17.7 Å². The zero-order chi connectivity index (χ0) is 22.5. The van der Waals surface area contributed by atoms with E-state index >= 15 is 0 Å². The lowest BCUT2D eigenvalue weighted by Crippen LogP contribution is -2.61. The molecule has 4 fully saturated rings. The van der Waals surface area contributed by atoms with Gasteiger partial charge in [-0.2, -0.15) is 0 Å². The molecule has 4 heterocycles. The molecule has 3 amide bonds. The van der Waals surface area contributed by atoms with Gasteiger partial charge in [-0.15, -0.1) is 0 Å². The van der Waals surface area contributed by atoms with E-state index in [0.29, 0.717) is 24.6 Å². The van der Waals surface area contributed by atoms with Crippen molar-refractivity contribution in [2.75, 3.05) is 26.3 Å². The topological polar surface area (TPSA) is 88.2 Å². The molecule has 0 radical (unpaired) electrons. The number of benzene rings is 1. The highest BCUT2D eigenvalue weighted by Crippen LogP contribution is 2.37. The minimum absolute atomic E-state index is 0.145. The standard InChI is InChI=1S/C25H31N3O5/c29-23-8-7-21(24(30)26-23)28-12-15-9-18(5-6-19(15)25(28)31)33-22-4-2-1-3-20(22)27-10-16(11-27)17-13-32-14-17/h5-6,9,16-17,20-22H,1-4,7-8,10-14H2,(H,26,29,30)/t20-,21?,22-/m1/s1. The fourth-order valence-corrected chi connectivity index (χ4v) is 6.08. The Hall–Kier alpha value is -2.45. The number of piperidine rings is 1. The highest BCUT2D eigenvalue weighted by molar-refractivity contribution is 6.05. The van der Waals surface area contributed by atoms with Crippen LogP contribution in [0.3, 0.4) is 0 Å². The predicted octanol–water partition coefficient (Wildman–Crippen LogP) is 1.72. The van der Waals surface area contributed by atoms with Crippen molar-refractivity contribution in [2.24, 2.45) is 11.8 Å². The number of hydrogen-bond donors (Lipinski definition) is 1. The zero-order valence-corrected chi connectivity index (χ0v) is 18.8. The Balaban J connectivity index is 1.12. The number of likely N-dealkylation sites (tertiary alicyclic amines) is 1. The highest BCUT2D eigenvalue weighted by atomic mass is 16.5. The number of carbonyl (C=O) groups excluding carboxylic acids is 3. The summed E-state index contributed by atoms with van der Waals surface area (Å²) in [5, 5.41) is 2.35. The molecule has 3 saturated heterocycles. The first-order valence-electron chi connectivity index (χ1n) is 12.3. The van der Waals surface area contributed by atoms with Crippen LogP contribution in [0.4, 0.5) is 0 Å². The minimum Gasteiger partial charge on any atom is -0.489 e. The van der Waals surface area contributed by atoms with Crippen LogP contribution in [-0.2, 0) is 20.9 Å². The average molecular weight is 454 g/mol. The Morgan fingerprint density at radius 2 is 1.82 bits per heavy atom. The second-order valence-corrected chi connectivity index (χ2v) is 10.2. The number of carbonyl (C=O) groups is 3. The average Bonchev–Trinajstić information content (AvgIpc) is 3.05. The molecule has 8 nitrogen and oxygen atoms in total. The molecule has 1 unspecified atom stereocenters. The molecule has 5 aliphatic rings. The van der Waals surface area contributed by atoms with E-state index in [-0.39, 0.29) is 30.2 Å². The third-order valence-electron chi connectivity index (χ3n) is 8.19. The van der Waals surface area contributed by atoms with Crippen LogP contribution >= 0.6 is 0 Å². The molecule has 1 aromatic rings. The number of rotatable bonds is 5. The first-order chi connectivity index (χ1) is 16.1. The van der Waals surface area contributed by atoms with Gasteiger partial charge < -0.3 is 14.4 Å². The van der Waals surface area contributed by atoms with Crippen molar-refractivity contribution in [3.05, 3.63) is 29.3 Å². The van der Waals surface area contributed by atoms with Crippen LogP contribution < -0.4 is 10.1 Å². The van der Waals surface area contributed by atoms with Crippen LogP contribution in [-0.4, -0.2) is 72.0 Å². The Kier molecular flexibility index (Phi) is 5.37. The van der Waals surface area contributed by atoms with E-state index in [1.165, 1.54) is 19.3 Å². The van der Waals surface area contributed by atoms with Crippen LogP contribution in [0.15, 0.2) is 18.2 Å². The summed E-state index contributed by atoms with van der Waals surface area (Å²) in [5.74, 6) is 1.51. The maximum absolute atomic E-state index is 12.9. The second kappa shape index (κ2) is 8.40. The van der Waals surface area contributed by atoms with Crippen molar-refractivity contribution in [1.29, 1.82) is 0 Å². The molecule has 1 N–H and O–H groups in total. The summed E-state index contributed by atoms with van der Waals surface area (Å²) in [6.07, 6.45) is 5.46. The molecular weight excluding hydrogens is 422 g/mol. The van der Waals surface area contributed by atoms with Gasteiger partial charge in [-0.25, -0.2) is 0 Å². The second-order valence-electron chi connectivity index (χ2n) is 10.2. The van der Waals surface area contributed by atoms with E-state index in [4.69, 9.17) is 9.47 Å². The van der Waals surface area contributed by atoms with Gasteiger partial charge in [-0.1, -0.05) is 6.42 Å². The van der Waals surface area contributed by atoms with Gasteiger partial charge in [-0.3, -0.25) is 24.6 Å². The minimum atomic E-state index is -0.588. The maximum atomic E-state index is 12.9. The summed E-state index contributed by atoms with van der Waals surface area (Å²) in [7, 11) is 0. The molecule has 1 aliphatic carbocycles. The van der Waals surface area contributed by atoms with Crippen LogP contribution in [0, 0.1) is 11.8 Å². The maximum Gasteiger partial charge on any atom is 0.255 e. The number of ether oxygens (including phenoxy) is 2. The number of nitrogens with one attached hydrogen (secondary N) is 1. The molecule has 4 aliphatic heterocycles. The van der Waals surface area contributed by atoms with E-state index in [9.17, 15) is 14.4 Å². The van der Waals surface area contributed by atoms with Crippen molar-refractivity contribution in [3.8, 4) is 5.75 Å². The predicted molar refractivity (Wildman–Crippen MR) is 119 cm³/mol. The Morgan fingerprint density at radius 1 is 1.00 bits per heavy atom. The van der Waals surface area contributed by atoms with Crippen LogP contribution in [0.5, 0.6) is 5.75 Å². The monoisotopic (exact) mass is 453 g/mol. The van der Waals surface area contributed by atoms with Gasteiger partial charge in [0, 0.05) is 43.6 Å². The molecule has 8 heteroatoms. The molecular formula is C25H31N3O5. The summed E-state index contributed by atoms with van der Waals surface area (Å²) in [6, 6.07) is 5.55. The zero-order valence-electron chi connectivity index (χ0n) is 18.8. The summed E-state index contributed by atoms with van der Waals surface area (Å²) >= 11 is 0. The van der Waals surface area contributed by atoms with Gasteiger partial charge in [0.2, 0.25) is 11.8 Å². The summed E-state index contributed by atoms with van der Waals surface area (Å²) in [6.45, 7) is 4.53. The summed E-state index contributed by atoms with van der Waals surface area (Å²) in [5.41, 5.74) is 1.52. The lowest BCUT2D eigenvalue weighted by Gasteiger charge is -2.52. The van der Waals surface area contributed by atoms with E-state index in [0.717, 1.165) is 55.9 Å². The number of amides is 3. The Bertz CT molecular complexity index is 971. The lowest BCUT2D eigenvalue weighted by molar-refractivity contribution is -0.136. The van der Waals surface area contributed by atoms with Crippen molar-refractivity contribution in [2.45, 2.75) is 63.3 Å². The summed E-state index contributed by atoms with van der Waals surface area (Å²) < 4.78 is 11.9. The lowest BCUT2D eigenvalue weighted by atomic mass is 9.80. The van der Waals surface area contributed by atoms with Crippen LogP contribution in [0.2, 0.25) is 0 Å². The third-order valence-corrected chi connectivity index (χ3v) is 8.19. The highest BCUT2D eigenvalue weighted by Gasteiger charge is 2.43. The van der Waals surface area contributed by atoms with E-state index < -0.39 is 6.04 Å². The smallest absolute Gasteiger partial charge is 0.255 e. The molecule has 0 bridgehead atoms. The van der Waals surface area contributed by atoms with Crippen LogP contribution in [0.25, 0.3) is 0 Å². The molecule has 176 valence electrons. The van der Waals surface area contributed by atoms with E-state index in [1.54, 1.807) is 4.90 Å². The molecule has 33 heavy (non-hydrogen) atoms. The number of hydrogen-bond acceptors (Lipinski definition) is 6. The fourth-order valence-electron chi connectivity index (χ4n) is 6.08. The molecule has 3 atom stereocenters. The molecule has 1 saturated carbocycles. The number of nitrogens with zero attached hydrogens (tertiary/aromatic N) is 2. The SMILES string of the molecule is O=C1CCC(N2Cc3cc(O[C@@H]4CCCC[C@H]4N4CC(C5COC5)C4)ccc3C2=O)C(=O)N1. The molecule has 6 rings (SSSR count). The van der Waals surface area contributed by atoms with Crippen LogP contribution in [0.1, 0.15) is 54.4 Å². The van der Waals surface area contributed by atoms with Gasteiger partial charge in [0.1, 0.15) is 17.9 Å². The van der Waals surface area contributed by atoms with E-state index in [2.05, 4.69) is 10.2 Å². The first kappa shape index (κ1) is 21.1. The quantitative estimate of drug-likeness (QED) is 0.683. The van der Waals surface area contributed by atoms with Gasteiger partial charge in [0.05, 0.1) is 13.2 Å².